The molecule has 0 radical (unpaired) electrons. The maximum Gasteiger partial charge on any atom is 0.343 e. The average Bonchev–Trinajstić information content (AvgIpc) is 2.81. The van der Waals surface area contributed by atoms with Crippen molar-refractivity contribution in [2.45, 2.75) is 13.0 Å². The van der Waals surface area contributed by atoms with Crippen molar-refractivity contribution >= 4 is 34.0 Å². The molecule has 164 valence electrons. The van der Waals surface area contributed by atoms with E-state index in [4.69, 9.17) is 14.2 Å². The second kappa shape index (κ2) is 11.1. The Kier molecular flexibility index (Phi) is 7.99. The van der Waals surface area contributed by atoms with Gasteiger partial charge in [-0.3, -0.25) is 4.79 Å². The zero-order valence-electron chi connectivity index (χ0n) is 17.4. The molecule has 0 bridgehead atoms. The topological polar surface area (TPSA) is 86.2 Å². The molecular formula is C24H21BrN2O5. The molecule has 0 aromatic heterocycles. The summed E-state index contributed by atoms with van der Waals surface area (Å²) in [5, 5.41) is 3.94. The van der Waals surface area contributed by atoms with E-state index in [0.29, 0.717) is 22.8 Å². The van der Waals surface area contributed by atoms with Crippen LogP contribution in [0.2, 0.25) is 0 Å². The van der Waals surface area contributed by atoms with Gasteiger partial charge < -0.3 is 14.2 Å². The second-order valence-electron chi connectivity index (χ2n) is 6.64. The first-order chi connectivity index (χ1) is 15.4. The highest BCUT2D eigenvalue weighted by atomic mass is 79.9. The van der Waals surface area contributed by atoms with Gasteiger partial charge in [0.15, 0.2) is 6.10 Å². The van der Waals surface area contributed by atoms with E-state index < -0.39 is 12.1 Å². The van der Waals surface area contributed by atoms with Crippen molar-refractivity contribution in [3.05, 3.63) is 88.4 Å². The van der Waals surface area contributed by atoms with E-state index in [1.807, 2.05) is 12.1 Å². The number of nitrogens with one attached hydrogen (secondary N) is 1. The quantitative estimate of drug-likeness (QED) is 0.213. The summed E-state index contributed by atoms with van der Waals surface area (Å²) in [4.78, 5) is 24.3. The summed E-state index contributed by atoms with van der Waals surface area (Å²) in [6.07, 6.45) is 0.771. The number of amides is 1. The molecule has 0 spiro atoms. The van der Waals surface area contributed by atoms with Crippen LogP contribution in [0.4, 0.5) is 0 Å². The van der Waals surface area contributed by atoms with Gasteiger partial charge in [0.2, 0.25) is 0 Å². The SMILES string of the molecule is COc1ccc(C(=O)Oc2ccc(/C=N\NC(=O)[C@@H](C)Oc3ccc(Br)cc3)cc2)cc1. The monoisotopic (exact) mass is 496 g/mol. The molecule has 0 unspecified atom stereocenters. The summed E-state index contributed by atoms with van der Waals surface area (Å²) < 4.78 is 16.9. The van der Waals surface area contributed by atoms with Gasteiger partial charge in [0.25, 0.3) is 5.91 Å². The van der Waals surface area contributed by atoms with E-state index in [1.165, 1.54) is 6.21 Å². The summed E-state index contributed by atoms with van der Waals surface area (Å²) in [5.41, 5.74) is 3.57. The number of carbonyl (C=O) groups is 2. The smallest absolute Gasteiger partial charge is 0.343 e. The number of benzene rings is 3. The first kappa shape index (κ1) is 23.0. The Bertz CT molecular complexity index is 1080. The van der Waals surface area contributed by atoms with Crippen LogP contribution in [-0.4, -0.2) is 31.3 Å². The Morgan fingerprint density at radius 3 is 2.12 bits per heavy atom. The van der Waals surface area contributed by atoms with Crippen LogP contribution in [0.1, 0.15) is 22.8 Å². The highest BCUT2D eigenvalue weighted by Crippen LogP contribution is 2.18. The number of hydrogen-bond donors (Lipinski definition) is 1. The molecule has 3 aromatic carbocycles. The van der Waals surface area contributed by atoms with Gasteiger partial charge in [0.05, 0.1) is 18.9 Å². The van der Waals surface area contributed by atoms with Crippen molar-refractivity contribution in [3.8, 4) is 17.2 Å². The van der Waals surface area contributed by atoms with Crippen molar-refractivity contribution < 1.29 is 23.8 Å². The number of hydrazone groups is 1. The summed E-state index contributed by atoms with van der Waals surface area (Å²) >= 11 is 3.35. The molecule has 8 heteroatoms. The Labute approximate surface area is 194 Å². The van der Waals surface area contributed by atoms with Crippen LogP contribution >= 0.6 is 15.9 Å². The standard InChI is InChI=1S/C24H21BrN2O5/c1-16(31-21-13-7-19(25)8-14-21)23(28)27-26-15-17-3-9-22(10-4-17)32-24(29)18-5-11-20(30-2)12-6-18/h3-16H,1-2H3,(H,27,28)/b26-15-/t16-/m1/s1. The van der Waals surface area contributed by atoms with Crippen molar-refractivity contribution in [3.63, 3.8) is 0 Å². The molecule has 1 atom stereocenters. The first-order valence-corrected chi connectivity index (χ1v) is 10.5. The number of carbonyl (C=O) groups excluding carboxylic acids is 2. The van der Waals surface area contributed by atoms with Crippen molar-refractivity contribution in [2.24, 2.45) is 5.10 Å². The molecule has 0 aliphatic heterocycles. The number of hydrogen-bond acceptors (Lipinski definition) is 6. The van der Waals surface area contributed by atoms with Gasteiger partial charge in [-0.1, -0.05) is 15.9 Å². The van der Waals surface area contributed by atoms with Gasteiger partial charge in [-0.2, -0.15) is 5.10 Å². The lowest BCUT2D eigenvalue weighted by molar-refractivity contribution is -0.127. The lowest BCUT2D eigenvalue weighted by Crippen LogP contribution is -2.33. The Morgan fingerprint density at radius 2 is 1.50 bits per heavy atom. The predicted octanol–water partition coefficient (Wildman–Crippen LogP) is 4.59. The third-order valence-corrected chi connectivity index (χ3v) is 4.83. The van der Waals surface area contributed by atoms with Crippen LogP contribution in [-0.2, 0) is 4.79 Å². The van der Waals surface area contributed by atoms with Crippen LogP contribution in [0.25, 0.3) is 0 Å². The zero-order chi connectivity index (χ0) is 22.9. The van der Waals surface area contributed by atoms with E-state index in [9.17, 15) is 9.59 Å². The summed E-state index contributed by atoms with van der Waals surface area (Å²) in [6, 6.07) is 20.5. The van der Waals surface area contributed by atoms with Gasteiger partial charge in [0, 0.05) is 4.47 Å². The highest BCUT2D eigenvalue weighted by Gasteiger charge is 2.14. The average molecular weight is 497 g/mol. The van der Waals surface area contributed by atoms with E-state index >= 15 is 0 Å². The summed E-state index contributed by atoms with van der Waals surface area (Å²) in [7, 11) is 1.56. The molecule has 0 saturated heterocycles. The number of nitrogens with zero attached hydrogens (tertiary/aromatic N) is 1. The van der Waals surface area contributed by atoms with Crippen molar-refractivity contribution in [2.75, 3.05) is 7.11 Å². The first-order valence-electron chi connectivity index (χ1n) is 9.66. The maximum atomic E-state index is 12.2. The maximum absolute atomic E-state index is 12.2. The number of rotatable bonds is 8. The molecule has 1 amide bonds. The lowest BCUT2D eigenvalue weighted by Gasteiger charge is -2.12. The molecule has 0 fully saturated rings. The van der Waals surface area contributed by atoms with Crippen LogP contribution in [0.5, 0.6) is 17.2 Å². The highest BCUT2D eigenvalue weighted by molar-refractivity contribution is 9.10. The molecule has 32 heavy (non-hydrogen) atoms. The molecule has 1 N–H and O–H groups in total. The van der Waals surface area contributed by atoms with Crippen LogP contribution in [0.3, 0.4) is 0 Å². The van der Waals surface area contributed by atoms with E-state index in [-0.39, 0.29) is 5.91 Å². The van der Waals surface area contributed by atoms with Crippen LogP contribution < -0.4 is 19.6 Å². The molecule has 0 saturated carbocycles. The molecule has 0 aliphatic rings. The van der Waals surface area contributed by atoms with Gasteiger partial charge in [-0.15, -0.1) is 0 Å². The minimum absolute atomic E-state index is 0.380. The van der Waals surface area contributed by atoms with Gasteiger partial charge in [-0.25, -0.2) is 10.2 Å². The molecule has 3 rings (SSSR count). The fourth-order valence-electron chi connectivity index (χ4n) is 2.55. The Balaban J connectivity index is 1.49. The minimum Gasteiger partial charge on any atom is -0.497 e. The third-order valence-electron chi connectivity index (χ3n) is 4.30. The van der Waals surface area contributed by atoms with E-state index in [2.05, 4.69) is 26.5 Å². The fraction of sp³-hybridized carbons (Fsp3) is 0.125. The van der Waals surface area contributed by atoms with Crippen LogP contribution in [0.15, 0.2) is 82.4 Å². The predicted molar refractivity (Wildman–Crippen MR) is 124 cm³/mol. The number of halogens is 1. The third kappa shape index (κ3) is 6.68. The molecule has 3 aromatic rings. The summed E-state index contributed by atoms with van der Waals surface area (Å²) in [6.45, 7) is 1.64. The summed E-state index contributed by atoms with van der Waals surface area (Å²) in [5.74, 6) is 0.782. The minimum atomic E-state index is -0.715. The number of methoxy groups -OCH3 is 1. The zero-order valence-corrected chi connectivity index (χ0v) is 19.0. The van der Waals surface area contributed by atoms with Gasteiger partial charge in [-0.05, 0) is 85.3 Å². The normalized spacial score (nSPS) is 11.6. The molecule has 0 heterocycles. The Morgan fingerprint density at radius 1 is 0.906 bits per heavy atom. The fourth-order valence-corrected chi connectivity index (χ4v) is 2.81. The van der Waals surface area contributed by atoms with E-state index in [0.717, 1.165) is 10.0 Å². The van der Waals surface area contributed by atoms with E-state index in [1.54, 1.807) is 74.7 Å². The van der Waals surface area contributed by atoms with Gasteiger partial charge in [0.1, 0.15) is 17.2 Å². The molecular weight excluding hydrogens is 476 g/mol. The largest absolute Gasteiger partial charge is 0.497 e. The van der Waals surface area contributed by atoms with Crippen molar-refractivity contribution in [1.82, 2.24) is 5.43 Å². The lowest BCUT2D eigenvalue weighted by atomic mass is 10.2. The number of ether oxygens (including phenoxy) is 3. The number of esters is 1. The van der Waals surface area contributed by atoms with Gasteiger partial charge >= 0.3 is 5.97 Å². The molecule has 7 nitrogen and oxygen atoms in total. The Hall–Kier alpha value is -3.65. The van der Waals surface area contributed by atoms with Crippen molar-refractivity contribution in [1.29, 1.82) is 0 Å². The van der Waals surface area contributed by atoms with Crippen LogP contribution in [0, 0.1) is 0 Å². The molecule has 0 aliphatic carbocycles. The second-order valence-corrected chi connectivity index (χ2v) is 7.55.